The third kappa shape index (κ3) is 2.69. The quantitative estimate of drug-likeness (QED) is 0.683. The maximum absolute atomic E-state index is 12.4. The molecule has 0 atom stereocenters. The molecule has 0 fully saturated rings. The zero-order chi connectivity index (χ0) is 9.90. The second kappa shape index (κ2) is 4.09. The summed E-state index contributed by atoms with van der Waals surface area (Å²) >= 11 is 1.39. The van der Waals surface area contributed by atoms with E-state index in [0.717, 1.165) is 6.07 Å². The number of benzene rings is 1. The molecule has 0 spiro atoms. The Labute approximate surface area is 79.6 Å². The van der Waals surface area contributed by atoms with Gasteiger partial charge in [-0.15, -0.1) is 5.46 Å². The van der Waals surface area contributed by atoms with Crippen LogP contribution in [0.3, 0.4) is 0 Å². The van der Waals surface area contributed by atoms with Crippen molar-refractivity contribution in [1.29, 1.82) is 0 Å². The highest BCUT2D eigenvalue weighted by molar-refractivity contribution is 7.97. The molecule has 0 aromatic heterocycles. The average molecular weight is 205 g/mol. The van der Waals surface area contributed by atoms with Crippen molar-refractivity contribution in [3.8, 4) is 0 Å². The van der Waals surface area contributed by atoms with Crippen LogP contribution in [0.15, 0.2) is 24.3 Å². The Kier molecular flexibility index (Phi) is 3.30. The summed E-state index contributed by atoms with van der Waals surface area (Å²) in [5.74, 6) is 0.414. The van der Waals surface area contributed by atoms with E-state index in [0.29, 0.717) is 11.3 Å². The normalized spacial score (nSPS) is 11.7. The summed E-state index contributed by atoms with van der Waals surface area (Å²) in [6.07, 6.45) is 1.79. The second-order valence-corrected chi connectivity index (χ2v) is 3.57. The van der Waals surface area contributed by atoms with Gasteiger partial charge >= 0.3 is 6.98 Å². The van der Waals surface area contributed by atoms with Gasteiger partial charge in [-0.2, -0.15) is 11.8 Å². The van der Waals surface area contributed by atoms with E-state index in [1.54, 1.807) is 12.3 Å². The van der Waals surface area contributed by atoms with Crippen LogP contribution in [0.1, 0.15) is 5.56 Å². The van der Waals surface area contributed by atoms with Crippen molar-refractivity contribution in [2.45, 2.75) is 5.75 Å². The van der Waals surface area contributed by atoms with Crippen LogP contribution in [-0.4, -0.2) is 13.2 Å². The molecule has 0 aliphatic heterocycles. The van der Waals surface area contributed by atoms with Crippen LogP contribution in [0.2, 0.25) is 0 Å². The molecule has 5 heteroatoms. The summed E-state index contributed by atoms with van der Waals surface area (Å²) in [5, 5.41) is 0. The van der Waals surface area contributed by atoms with Gasteiger partial charge in [-0.1, -0.05) is 29.8 Å². The molecule has 0 saturated carbocycles. The minimum absolute atomic E-state index is 0.377. The molecular weight excluding hydrogens is 196 g/mol. The van der Waals surface area contributed by atoms with Gasteiger partial charge in [0.05, 0.1) is 0 Å². The lowest BCUT2D eigenvalue weighted by Gasteiger charge is -2.18. The third-order valence-electron chi connectivity index (χ3n) is 1.71. The van der Waals surface area contributed by atoms with Crippen LogP contribution < -0.4 is 5.46 Å². The standard InChI is InChI=1S/C8H9BF3S/c1-13-6-7-4-2-3-5-8(7)9(10,11)12/h2-5H,6H2,1H3/q-1. The smallest absolute Gasteiger partial charge is 0.445 e. The Hall–Kier alpha value is -0.575. The number of thioether (sulfide) groups is 1. The molecule has 1 aromatic carbocycles. The summed E-state index contributed by atoms with van der Waals surface area (Å²) in [5.41, 5.74) is -0.0839. The molecule has 0 heterocycles. The SMILES string of the molecule is CSCc1ccccc1[B-](F)(F)F. The lowest BCUT2D eigenvalue weighted by Crippen LogP contribution is -2.36. The van der Waals surface area contributed by atoms with Gasteiger partial charge in [0, 0.05) is 5.75 Å². The molecule has 0 aliphatic rings. The highest BCUT2D eigenvalue weighted by Gasteiger charge is 2.27. The lowest BCUT2D eigenvalue weighted by atomic mass is 9.77. The van der Waals surface area contributed by atoms with E-state index in [-0.39, 0.29) is 0 Å². The first-order valence-electron chi connectivity index (χ1n) is 3.82. The first-order valence-corrected chi connectivity index (χ1v) is 5.22. The minimum Gasteiger partial charge on any atom is -0.445 e. The fourth-order valence-corrected chi connectivity index (χ4v) is 1.71. The molecule has 72 valence electrons. The highest BCUT2D eigenvalue weighted by atomic mass is 32.2. The maximum Gasteiger partial charge on any atom is 0.509 e. The van der Waals surface area contributed by atoms with Gasteiger partial charge in [-0.25, -0.2) is 0 Å². The fourth-order valence-electron chi connectivity index (χ4n) is 1.14. The largest absolute Gasteiger partial charge is 0.509 e. The summed E-state index contributed by atoms with van der Waals surface area (Å²) in [4.78, 5) is 0. The molecule has 13 heavy (non-hydrogen) atoms. The van der Waals surface area contributed by atoms with E-state index in [4.69, 9.17) is 0 Å². The van der Waals surface area contributed by atoms with Crippen LogP contribution >= 0.6 is 11.8 Å². The maximum atomic E-state index is 12.4. The number of hydrogen-bond donors (Lipinski definition) is 0. The Balaban J connectivity index is 3.05. The predicted octanol–water partition coefficient (Wildman–Crippen LogP) is 2.60. The first kappa shape index (κ1) is 10.5. The van der Waals surface area contributed by atoms with Crippen LogP contribution in [0, 0.1) is 0 Å². The van der Waals surface area contributed by atoms with E-state index >= 15 is 0 Å². The molecule has 0 radical (unpaired) electrons. The zero-order valence-corrected chi connectivity index (χ0v) is 7.95. The van der Waals surface area contributed by atoms with Crippen LogP contribution in [-0.2, 0) is 5.75 Å². The second-order valence-electron chi connectivity index (χ2n) is 2.71. The summed E-state index contributed by atoms with van der Waals surface area (Å²) in [7, 11) is 0. The Morgan fingerprint density at radius 1 is 1.23 bits per heavy atom. The topological polar surface area (TPSA) is 0 Å². The van der Waals surface area contributed by atoms with E-state index < -0.39 is 12.4 Å². The predicted molar refractivity (Wildman–Crippen MR) is 52.4 cm³/mol. The van der Waals surface area contributed by atoms with Gasteiger partial charge in [0.25, 0.3) is 0 Å². The van der Waals surface area contributed by atoms with Crippen molar-refractivity contribution >= 4 is 24.2 Å². The zero-order valence-electron chi connectivity index (χ0n) is 7.14. The average Bonchev–Trinajstić information content (AvgIpc) is 2.04. The molecule has 0 unspecified atom stereocenters. The lowest BCUT2D eigenvalue weighted by molar-refractivity contribution is 0.500. The summed E-state index contributed by atoms with van der Waals surface area (Å²) in [6, 6.07) is 5.73. The van der Waals surface area contributed by atoms with E-state index in [2.05, 4.69) is 0 Å². The van der Waals surface area contributed by atoms with Crippen molar-refractivity contribution in [3.63, 3.8) is 0 Å². The van der Waals surface area contributed by atoms with Crippen LogP contribution in [0.25, 0.3) is 0 Å². The Bertz CT molecular complexity index is 285. The van der Waals surface area contributed by atoms with Crippen LogP contribution in [0.5, 0.6) is 0 Å². The third-order valence-corrected chi connectivity index (χ3v) is 2.31. The van der Waals surface area contributed by atoms with E-state index in [1.165, 1.54) is 23.9 Å². The summed E-state index contributed by atoms with van der Waals surface area (Å²) < 4.78 is 37.3. The number of hydrogen-bond acceptors (Lipinski definition) is 1. The van der Waals surface area contributed by atoms with Gasteiger partial charge in [0.1, 0.15) is 0 Å². The number of rotatable bonds is 3. The van der Waals surface area contributed by atoms with Gasteiger partial charge < -0.3 is 12.9 Å². The first-order chi connectivity index (χ1) is 6.05. The van der Waals surface area contributed by atoms with Crippen molar-refractivity contribution in [2.24, 2.45) is 0 Å². The van der Waals surface area contributed by atoms with Gasteiger partial charge in [0.15, 0.2) is 0 Å². The molecule has 0 aliphatic carbocycles. The van der Waals surface area contributed by atoms with Gasteiger partial charge in [-0.05, 0) is 6.26 Å². The van der Waals surface area contributed by atoms with Gasteiger partial charge in [0.2, 0.25) is 0 Å². The number of halogens is 3. The van der Waals surface area contributed by atoms with E-state index in [1.807, 2.05) is 0 Å². The molecule has 1 aromatic rings. The van der Waals surface area contributed by atoms with Crippen molar-refractivity contribution in [2.75, 3.05) is 6.26 Å². The van der Waals surface area contributed by atoms with Crippen LogP contribution in [0.4, 0.5) is 12.9 Å². The van der Waals surface area contributed by atoms with Crippen molar-refractivity contribution < 1.29 is 12.9 Å². The monoisotopic (exact) mass is 205 g/mol. The molecule has 0 bridgehead atoms. The van der Waals surface area contributed by atoms with E-state index in [9.17, 15) is 12.9 Å². The Morgan fingerprint density at radius 3 is 2.38 bits per heavy atom. The summed E-state index contributed by atoms with van der Waals surface area (Å²) in [6.45, 7) is -4.86. The fraction of sp³-hybridized carbons (Fsp3) is 0.250. The molecule has 0 N–H and O–H groups in total. The molecule has 0 amide bonds. The van der Waals surface area contributed by atoms with Crippen molar-refractivity contribution in [3.05, 3.63) is 29.8 Å². The molecule has 0 saturated heterocycles. The highest BCUT2D eigenvalue weighted by Crippen LogP contribution is 2.15. The van der Waals surface area contributed by atoms with Crippen molar-refractivity contribution in [1.82, 2.24) is 0 Å². The van der Waals surface area contributed by atoms with Gasteiger partial charge in [-0.3, -0.25) is 0 Å². The minimum atomic E-state index is -4.86. The molecule has 0 nitrogen and oxygen atoms in total. The molecular formula is C8H9BF3S-. The molecule has 1 rings (SSSR count). The Morgan fingerprint density at radius 2 is 1.85 bits per heavy atom.